The van der Waals surface area contributed by atoms with Crippen LogP contribution in [0.4, 0.5) is 5.69 Å². The smallest absolute Gasteiger partial charge is 0.340 e. The summed E-state index contributed by atoms with van der Waals surface area (Å²) in [6.07, 6.45) is 0. The van der Waals surface area contributed by atoms with Gasteiger partial charge in [-0.25, -0.2) is 4.79 Å². The van der Waals surface area contributed by atoms with Gasteiger partial charge < -0.3 is 15.2 Å². The van der Waals surface area contributed by atoms with Gasteiger partial charge >= 0.3 is 5.97 Å². The first-order valence-electron chi connectivity index (χ1n) is 6.06. The molecule has 110 valence electrons. The maximum absolute atomic E-state index is 12.0. The van der Waals surface area contributed by atoms with Crippen molar-refractivity contribution in [3.05, 3.63) is 57.6 Å². The first kappa shape index (κ1) is 15.5. The van der Waals surface area contributed by atoms with E-state index in [0.717, 1.165) is 11.3 Å². The summed E-state index contributed by atoms with van der Waals surface area (Å²) < 4.78 is 10.3. The Morgan fingerprint density at radius 2 is 1.86 bits per heavy atom. The molecule has 0 spiro atoms. The lowest BCUT2D eigenvalue weighted by molar-refractivity contribution is 0.0473. The van der Waals surface area contributed by atoms with Crippen LogP contribution in [-0.4, -0.2) is 13.1 Å². The third-order valence-electron chi connectivity index (χ3n) is 2.80. The van der Waals surface area contributed by atoms with Gasteiger partial charge in [0, 0.05) is 5.69 Å². The Morgan fingerprint density at radius 3 is 2.48 bits per heavy atom. The van der Waals surface area contributed by atoms with Crippen molar-refractivity contribution in [2.75, 3.05) is 12.8 Å². The lowest BCUT2D eigenvalue weighted by Crippen LogP contribution is -2.07. The number of anilines is 1. The van der Waals surface area contributed by atoms with Crippen LogP contribution in [-0.2, 0) is 11.3 Å². The van der Waals surface area contributed by atoms with Crippen molar-refractivity contribution < 1.29 is 14.3 Å². The standard InChI is InChI=1S/C15H13Cl2NO3/c1-20-11-4-2-9(3-5-11)8-21-15(19)12-6-10(18)7-13(16)14(12)17/h2-7H,8,18H2,1H3. The third-order valence-corrected chi connectivity index (χ3v) is 3.60. The maximum atomic E-state index is 12.0. The zero-order valence-corrected chi connectivity index (χ0v) is 12.7. The number of halogens is 2. The molecule has 0 saturated carbocycles. The average Bonchev–Trinajstić information content (AvgIpc) is 2.49. The number of nitrogen functional groups attached to an aromatic ring is 1. The fourth-order valence-corrected chi connectivity index (χ4v) is 2.12. The largest absolute Gasteiger partial charge is 0.497 e. The number of methoxy groups -OCH3 is 1. The van der Waals surface area contributed by atoms with E-state index in [1.54, 1.807) is 31.4 Å². The van der Waals surface area contributed by atoms with E-state index < -0.39 is 5.97 Å². The monoisotopic (exact) mass is 325 g/mol. The van der Waals surface area contributed by atoms with Crippen LogP contribution in [0.2, 0.25) is 10.0 Å². The molecule has 0 aromatic heterocycles. The van der Waals surface area contributed by atoms with Crippen LogP contribution in [0.15, 0.2) is 36.4 Å². The number of hydrogen-bond acceptors (Lipinski definition) is 4. The summed E-state index contributed by atoms with van der Waals surface area (Å²) in [5.74, 6) is 0.153. The molecule has 6 heteroatoms. The molecule has 2 N–H and O–H groups in total. The predicted molar refractivity (Wildman–Crippen MR) is 83.0 cm³/mol. The Kier molecular flexibility index (Phi) is 4.94. The van der Waals surface area contributed by atoms with E-state index in [9.17, 15) is 4.79 Å². The van der Waals surface area contributed by atoms with Crippen molar-refractivity contribution in [2.24, 2.45) is 0 Å². The van der Waals surface area contributed by atoms with Crippen LogP contribution in [0, 0.1) is 0 Å². The van der Waals surface area contributed by atoms with Crippen molar-refractivity contribution in [3.63, 3.8) is 0 Å². The summed E-state index contributed by atoms with van der Waals surface area (Å²) in [4.78, 5) is 12.0. The molecule has 0 heterocycles. The molecule has 4 nitrogen and oxygen atoms in total. The maximum Gasteiger partial charge on any atom is 0.340 e. The Bertz CT molecular complexity index is 657. The molecular formula is C15H13Cl2NO3. The van der Waals surface area contributed by atoms with E-state index in [4.69, 9.17) is 38.4 Å². The summed E-state index contributed by atoms with van der Waals surface area (Å²) >= 11 is 11.9. The topological polar surface area (TPSA) is 61.5 Å². The van der Waals surface area contributed by atoms with Crippen LogP contribution >= 0.6 is 23.2 Å². The molecular weight excluding hydrogens is 313 g/mol. The molecule has 2 rings (SSSR count). The molecule has 0 aliphatic carbocycles. The molecule has 0 aliphatic rings. The van der Waals surface area contributed by atoms with Crippen molar-refractivity contribution in [2.45, 2.75) is 6.61 Å². The van der Waals surface area contributed by atoms with Gasteiger partial charge in [0.05, 0.1) is 22.7 Å². The highest BCUT2D eigenvalue weighted by atomic mass is 35.5. The second-order valence-electron chi connectivity index (χ2n) is 4.29. The summed E-state index contributed by atoms with van der Waals surface area (Å²) in [7, 11) is 1.58. The highest BCUT2D eigenvalue weighted by molar-refractivity contribution is 6.44. The van der Waals surface area contributed by atoms with E-state index in [1.807, 2.05) is 0 Å². The number of nitrogens with two attached hydrogens (primary N) is 1. The van der Waals surface area contributed by atoms with E-state index in [-0.39, 0.29) is 22.2 Å². The van der Waals surface area contributed by atoms with Crippen LogP contribution in [0.3, 0.4) is 0 Å². The molecule has 0 bridgehead atoms. The molecule has 0 saturated heterocycles. The number of esters is 1. The second kappa shape index (κ2) is 6.70. The lowest BCUT2D eigenvalue weighted by Gasteiger charge is -2.09. The van der Waals surface area contributed by atoms with Crippen molar-refractivity contribution in [3.8, 4) is 5.75 Å². The number of hydrogen-bond donors (Lipinski definition) is 1. The van der Waals surface area contributed by atoms with Gasteiger partial charge in [0.25, 0.3) is 0 Å². The van der Waals surface area contributed by atoms with Gasteiger partial charge in [-0.05, 0) is 29.8 Å². The third kappa shape index (κ3) is 3.80. The van der Waals surface area contributed by atoms with E-state index >= 15 is 0 Å². The summed E-state index contributed by atoms with van der Waals surface area (Å²) in [5.41, 5.74) is 6.97. The minimum absolute atomic E-state index is 0.117. The average molecular weight is 326 g/mol. The number of benzene rings is 2. The highest BCUT2D eigenvalue weighted by Crippen LogP contribution is 2.29. The fourth-order valence-electron chi connectivity index (χ4n) is 1.71. The van der Waals surface area contributed by atoms with Crippen LogP contribution in [0.5, 0.6) is 5.75 Å². The van der Waals surface area contributed by atoms with Gasteiger partial charge in [0.2, 0.25) is 0 Å². The minimum atomic E-state index is -0.579. The molecule has 0 aliphatic heterocycles. The Labute approximate surface area is 132 Å². The zero-order chi connectivity index (χ0) is 15.4. The second-order valence-corrected chi connectivity index (χ2v) is 5.07. The number of rotatable bonds is 4. The van der Waals surface area contributed by atoms with Gasteiger partial charge in [-0.2, -0.15) is 0 Å². The Morgan fingerprint density at radius 1 is 1.19 bits per heavy atom. The molecule has 0 atom stereocenters. The molecule has 0 radical (unpaired) electrons. The number of ether oxygens (including phenoxy) is 2. The zero-order valence-electron chi connectivity index (χ0n) is 11.2. The Balaban J connectivity index is 2.08. The van der Waals surface area contributed by atoms with Crippen LogP contribution in [0.1, 0.15) is 15.9 Å². The van der Waals surface area contributed by atoms with Gasteiger partial charge in [0.15, 0.2) is 0 Å². The summed E-state index contributed by atoms with van der Waals surface area (Å²) in [5, 5.41) is 0.346. The quantitative estimate of drug-likeness (QED) is 0.683. The van der Waals surface area contributed by atoms with E-state index in [2.05, 4.69) is 0 Å². The molecule has 2 aromatic rings. The molecule has 0 fully saturated rings. The molecule has 0 amide bonds. The first-order chi connectivity index (χ1) is 10.0. The summed E-state index contributed by atoms with van der Waals surface area (Å²) in [6, 6.07) is 10.1. The first-order valence-corrected chi connectivity index (χ1v) is 6.81. The van der Waals surface area contributed by atoms with Gasteiger partial charge in [-0.15, -0.1) is 0 Å². The lowest BCUT2D eigenvalue weighted by atomic mass is 10.2. The van der Waals surface area contributed by atoms with E-state index in [1.165, 1.54) is 12.1 Å². The molecule has 0 unspecified atom stereocenters. The van der Waals surface area contributed by atoms with Crippen LogP contribution < -0.4 is 10.5 Å². The van der Waals surface area contributed by atoms with Crippen molar-refractivity contribution in [1.82, 2.24) is 0 Å². The normalized spacial score (nSPS) is 10.2. The minimum Gasteiger partial charge on any atom is -0.497 e. The van der Waals surface area contributed by atoms with Gasteiger partial charge in [-0.1, -0.05) is 35.3 Å². The van der Waals surface area contributed by atoms with Crippen molar-refractivity contribution >= 4 is 34.9 Å². The van der Waals surface area contributed by atoms with Gasteiger partial charge in [0.1, 0.15) is 12.4 Å². The molecule has 21 heavy (non-hydrogen) atoms. The SMILES string of the molecule is COc1ccc(COC(=O)c2cc(N)cc(Cl)c2Cl)cc1. The molecule has 2 aromatic carbocycles. The highest BCUT2D eigenvalue weighted by Gasteiger charge is 2.15. The van der Waals surface area contributed by atoms with E-state index in [0.29, 0.717) is 5.69 Å². The fraction of sp³-hybridized carbons (Fsp3) is 0.133. The van der Waals surface area contributed by atoms with Gasteiger partial charge in [-0.3, -0.25) is 0 Å². The van der Waals surface area contributed by atoms with Crippen molar-refractivity contribution in [1.29, 1.82) is 0 Å². The Hall–Kier alpha value is -1.91. The summed E-state index contributed by atoms with van der Waals surface area (Å²) in [6.45, 7) is 0.117. The predicted octanol–water partition coefficient (Wildman–Crippen LogP) is 3.94. The number of carbonyl (C=O) groups is 1. The van der Waals surface area contributed by atoms with Crippen LogP contribution in [0.25, 0.3) is 0 Å². The number of carbonyl (C=O) groups excluding carboxylic acids is 1.